The number of likely N-dealkylation sites (tertiary alicyclic amines) is 1. The van der Waals surface area contributed by atoms with Crippen LogP contribution in [0.1, 0.15) is 44.7 Å². The maximum Gasteiger partial charge on any atom is 0.410 e. The van der Waals surface area contributed by atoms with Crippen molar-refractivity contribution in [2.24, 2.45) is 0 Å². The zero-order valence-electron chi connectivity index (χ0n) is 26.4. The second-order valence-corrected chi connectivity index (χ2v) is 11.9. The highest BCUT2D eigenvalue weighted by atomic mass is 16.6. The summed E-state index contributed by atoms with van der Waals surface area (Å²) in [7, 11) is 4.28. The summed E-state index contributed by atoms with van der Waals surface area (Å²) in [4.78, 5) is 70.4. The fourth-order valence-corrected chi connectivity index (χ4v) is 5.15. The number of nitrogens with one attached hydrogen (secondary N) is 1. The molecule has 0 saturated carbocycles. The predicted molar refractivity (Wildman–Crippen MR) is 164 cm³/mol. The first-order chi connectivity index (χ1) is 20.8. The average Bonchev–Trinajstić information content (AvgIpc) is 3.50. The van der Waals surface area contributed by atoms with E-state index in [9.17, 15) is 24.0 Å². The molecule has 2 aromatic carbocycles. The molecule has 1 aliphatic heterocycles. The van der Waals surface area contributed by atoms with E-state index < -0.39 is 47.6 Å². The number of benzene rings is 2. The fraction of sp³-hybridized carbons (Fsp3) is 0.485. The molecule has 3 rings (SSSR count). The van der Waals surface area contributed by atoms with Gasteiger partial charge in [0.25, 0.3) is 0 Å². The van der Waals surface area contributed by atoms with Crippen LogP contribution in [0, 0.1) is 0 Å². The van der Waals surface area contributed by atoms with Gasteiger partial charge in [-0.1, -0.05) is 60.7 Å². The highest BCUT2D eigenvalue weighted by Crippen LogP contribution is 2.25. The summed E-state index contributed by atoms with van der Waals surface area (Å²) in [6.07, 6.45) is 0.785. The van der Waals surface area contributed by atoms with Crippen LogP contribution in [0.4, 0.5) is 4.79 Å². The molecule has 0 bridgehead atoms. The quantitative estimate of drug-likeness (QED) is 0.389. The summed E-state index contributed by atoms with van der Waals surface area (Å²) in [6.45, 7) is 5.25. The van der Waals surface area contributed by atoms with Crippen LogP contribution in [0.25, 0.3) is 0 Å². The van der Waals surface area contributed by atoms with Gasteiger partial charge in [-0.05, 0) is 44.7 Å². The van der Waals surface area contributed by atoms with Gasteiger partial charge in [0.15, 0.2) is 0 Å². The Labute approximate surface area is 259 Å². The highest BCUT2D eigenvalue weighted by molar-refractivity contribution is 5.95. The van der Waals surface area contributed by atoms with Gasteiger partial charge in [0.1, 0.15) is 30.3 Å². The molecule has 1 fully saturated rings. The summed E-state index contributed by atoms with van der Waals surface area (Å²) in [5, 5.41) is 2.56. The molecule has 11 heteroatoms. The normalized spacial score (nSPS) is 16.0. The third-order valence-corrected chi connectivity index (χ3v) is 7.55. The molecule has 238 valence electrons. The zero-order valence-corrected chi connectivity index (χ0v) is 26.4. The van der Waals surface area contributed by atoms with E-state index in [1.54, 1.807) is 20.8 Å². The fourth-order valence-electron chi connectivity index (χ4n) is 5.15. The number of hydrogen-bond donors (Lipinski definition) is 1. The molecule has 1 heterocycles. The Morgan fingerprint density at radius 3 is 1.95 bits per heavy atom. The van der Waals surface area contributed by atoms with Crippen molar-refractivity contribution in [2.75, 3.05) is 34.3 Å². The van der Waals surface area contributed by atoms with Crippen molar-refractivity contribution >= 4 is 29.8 Å². The molecule has 1 N–H and O–H groups in total. The molecule has 0 aromatic heterocycles. The van der Waals surface area contributed by atoms with E-state index in [1.165, 1.54) is 35.9 Å². The van der Waals surface area contributed by atoms with E-state index in [-0.39, 0.29) is 25.3 Å². The maximum atomic E-state index is 14.2. The second kappa shape index (κ2) is 15.4. The zero-order chi connectivity index (χ0) is 32.4. The van der Waals surface area contributed by atoms with E-state index in [0.29, 0.717) is 19.4 Å². The maximum absolute atomic E-state index is 14.2. The van der Waals surface area contributed by atoms with Crippen molar-refractivity contribution in [2.45, 2.75) is 70.2 Å². The number of hydrogen-bond acceptors (Lipinski definition) is 7. The summed E-state index contributed by atoms with van der Waals surface area (Å²) >= 11 is 0. The van der Waals surface area contributed by atoms with Crippen molar-refractivity contribution in [3.05, 3.63) is 71.8 Å². The minimum atomic E-state index is -0.948. The summed E-state index contributed by atoms with van der Waals surface area (Å²) in [6, 6.07) is 15.9. The molecule has 4 amide bonds. The third-order valence-electron chi connectivity index (χ3n) is 7.55. The van der Waals surface area contributed by atoms with Crippen molar-refractivity contribution in [1.29, 1.82) is 0 Å². The topological polar surface area (TPSA) is 126 Å². The molecule has 1 saturated heterocycles. The molecule has 1 aliphatic rings. The summed E-state index contributed by atoms with van der Waals surface area (Å²) in [5.74, 6) is -1.90. The van der Waals surface area contributed by atoms with Crippen LogP contribution < -0.4 is 5.32 Å². The number of methoxy groups -OCH3 is 1. The highest BCUT2D eigenvalue weighted by Gasteiger charge is 2.42. The smallest absolute Gasteiger partial charge is 0.410 e. The van der Waals surface area contributed by atoms with Crippen molar-refractivity contribution < 1.29 is 33.4 Å². The van der Waals surface area contributed by atoms with Gasteiger partial charge in [0, 0.05) is 33.5 Å². The Hall–Kier alpha value is -4.41. The Kier molecular flexibility index (Phi) is 11.9. The Balaban J connectivity index is 1.87. The first-order valence-electron chi connectivity index (χ1n) is 14.8. The number of esters is 1. The minimum Gasteiger partial charge on any atom is -0.468 e. The van der Waals surface area contributed by atoms with Crippen molar-refractivity contribution in [3.8, 4) is 0 Å². The van der Waals surface area contributed by atoms with Gasteiger partial charge in [-0.25, -0.2) is 4.79 Å². The number of carbonyl (C=O) groups is 5. The van der Waals surface area contributed by atoms with E-state index in [4.69, 9.17) is 4.74 Å². The van der Waals surface area contributed by atoms with Crippen LogP contribution in [0.15, 0.2) is 60.7 Å². The lowest BCUT2D eigenvalue weighted by Crippen LogP contribution is -2.58. The molecule has 11 nitrogen and oxygen atoms in total. The third kappa shape index (κ3) is 9.29. The molecular formula is C33H44N4O7. The number of nitrogens with zero attached hydrogens (tertiary/aromatic N) is 3. The number of carbonyl (C=O) groups excluding carboxylic acids is 5. The van der Waals surface area contributed by atoms with Crippen molar-refractivity contribution in [3.63, 3.8) is 0 Å². The lowest BCUT2D eigenvalue weighted by molar-refractivity contribution is -0.149. The van der Waals surface area contributed by atoms with Gasteiger partial charge in [-0.3, -0.25) is 24.1 Å². The van der Waals surface area contributed by atoms with Crippen LogP contribution in [0.5, 0.6) is 0 Å². The van der Waals surface area contributed by atoms with E-state index in [0.717, 1.165) is 11.1 Å². The monoisotopic (exact) mass is 608 g/mol. The molecule has 3 atom stereocenters. The Morgan fingerprint density at radius 1 is 0.886 bits per heavy atom. The van der Waals surface area contributed by atoms with Crippen LogP contribution in [-0.2, 0) is 41.5 Å². The Morgan fingerprint density at radius 2 is 1.43 bits per heavy atom. The minimum absolute atomic E-state index is 0.203. The SMILES string of the molecule is COC(=O)CNC(=O)[C@H](Cc1ccccc1)N(C)C(=O)[C@@H]1CCCN1C(=O)[C@H](Cc1ccccc1)N(C)C(=O)OC(C)(C)C. The second-order valence-electron chi connectivity index (χ2n) is 11.9. The summed E-state index contributed by atoms with van der Waals surface area (Å²) in [5.41, 5.74) is 0.917. The molecule has 0 unspecified atom stereocenters. The van der Waals surface area contributed by atoms with E-state index in [1.807, 2.05) is 60.7 Å². The molecular weight excluding hydrogens is 564 g/mol. The lowest BCUT2D eigenvalue weighted by Gasteiger charge is -2.36. The largest absolute Gasteiger partial charge is 0.468 e. The number of ether oxygens (including phenoxy) is 2. The first kappa shape index (κ1) is 34.1. The van der Waals surface area contributed by atoms with Gasteiger partial charge in [0.05, 0.1) is 7.11 Å². The molecule has 2 aromatic rings. The van der Waals surface area contributed by atoms with E-state index >= 15 is 0 Å². The van der Waals surface area contributed by atoms with Gasteiger partial charge >= 0.3 is 12.1 Å². The number of likely N-dealkylation sites (N-methyl/N-ethyl adjacent to an activating group) is 2. The standard InChI is InChI=1S/C33H44N4O7/c1-33(2,3)44-32(42)36(5)27(21-24-16-11-8-12-17-24)31(41)37-19-13-18-25(37)30(40)35(4)26(20-23-14-9-7-10-15-23)29(39)34-22-28(38)43-6/h7-12,14-17,25-27H,13,18-22H2,1-6H3,(H,34,39)/t25-,26-,27-/m0/s1. The van der Waals surface area contributed by atoms with E-state index in [2.05, 4.69) is 10.1 Å². The number of amides is 4. The molecule has 0 radical (unpaired) electrons. The van der Waals surface area contributed by atoms with Gasteiger partial charge in [-0.15, -0.1) is 0 Å². The lowest BCUT2D eigenvalue weighted by atomic mass is 10.0. The van der Waals surface area contributed by atoms with Crippen LogP contribution >= 0.6 is 0 Å². The summed E-state index contributed by atoms with van der Waals surface area (Å²) < 4.78 is 10.2. The van der Waals surface area contributed by atoms with Gasteiger partial charge < -0.3 is 24.6 Å². The predicted octanol–water partition coefficient (Wildman–Crippen LogP) is 2.81. The van der Waals surface area contributed by atoms with Crippen LogP contribution in [0.2, 0.25) is 0 Å². The molecule has 0 aliphatic carbocycles. The average molecular weight is 609 g/mol. The Bertz CT molecular complexity index is 1300. The molecule has 0 spiro atoms. The number of rotatable bonds is 11. The van der Waals surface area contributed by atoms with Crippen molar-refractivity contribution in [1.82, 2.24) is 20.0 Å². The van der Waals surface area contributed by atoms with Gasteiger partial charge in [-0.2, -0.15) is 0 Å². The van der Waals surface area contributed by atoms with Crippen LogP contribution in [-0.4, -0.2) is 103 Å². The van der Waals surface area contributed by atoms with Gasteiger partial charge in [0.2, 0.25) is 17.7 Å². The van der Waals surface area contributed by atoms with Crippen LogP contribution in [0.3, 0.4) is 0 Å². The molecule has 44 heavy (non-hydrogen) atoms. The first-order valence-corrected chi connectivity index (χ1v) is 14.8.